The van der Waals surface area contributed by atoms with Gasteiger partial charge in [-0.15, -0.1) is 0 Å². The molecule has 0 spiro atoms. The number of hydrogen-bond acceptors (Lipinski definition) is 5. The van der Waals surface area contributed by atoms with E-state index in [9.17, 15) is 0 Å². The van der Waals surface area contributed by atoms with Gasteiger partial charge in [0.25, 0.3) is 0 Å². The van der Waals surface area contributed by atoms with Crippen LogP contribution in [0.1, 0.15) is 37.3 Å². The minimum atomic E-state index is -0.0773. The number of aryl methyl sites for hydroxylation is 2. The minimum Gasteiger partial charge on any atom is -0.438 e. The van der Waals surface area contributed by atoms with Crippen LogP contribution >= 0.6 is 0 Å². The van der Waals surface area contributed by atoms with Crippen molar-refractivity contribution < 1.29 is 4.42 Å². The molecule has 3 rings (SSSR count). The fourth-order valence-electron chi connectivity index (χ4n) is 2.39. The molecule has 0 bridgehead atoms. The van der Waals surface area contributed by atoms with Gasteiger partial charge in [-0.25, -0.2) is 15.0 Å². The zero-order valence-electron chi connectivity index (χ0n) is 13.6. The van der Waals surface area contributed by atoms with E-state index >= 15 is 0 Å². The lowest BCUT2D eigenvalue weighted by atomic mass is 10.2. The molecule has 1 N–H and O–H groups in total. The van der Waals surface area contributed by atoms with Gasteiger partial charge in [0, 0.05) is 17.3 Å². The Labute approximate surface area is 135 Å². The molecule has 23 heavy (non-hydrogen) atoms. The summed E-state index contributed by atoms with van der Waals surface area (Å²) < 4.78 is 5.87. The van der Waals surface area contributed by atoms with Crippen molar-refractivity contribution in [2.45, 2.75) is 33.2 Å². The van der Waals surface area contributed by atoms with Crippen LogP contribution in [0.3, 0.4) is 0 Å². The topological polar surface area (TPSA) is 63.8 Å². The summed E-state index contributed by atoms with van der Waals surface area (Å²) in [6.45, 7) is 5.98. The van der Waals surface area contributed by atoms with Crippen molar-refractivity contribution in [1.29, 1.82) is 0 Å². The van der Waals surface area contributed by atoms with Gasteiger partial charge < -0.3 is 9.73 Å². The maximum absolute atomic E-state index is 5.87. The van der Waals surface area contributed by atoms with E-state index in [0.29, 0.717) is 5.89 Å². The summed E-state index contributed by atoms with van der Waals surface area (Å²) in [4.78, 5) is 13.2. The lowest BCUT2D eigenvalue weighted by Crippen LogP contribution is -2.10. The molecule has 0 amide bonds. The van der Waals surface area contributed by atoms with Gasteiger partial charge in [0.05, 0.1) is 6.20 Å². The molecule has 0 saturated heterocycles. The molecule has 3 aromatic rings. The molecule has 0 radical (unpaired) electrons. The number of hydrogen-bond donors (Lipinski definition) is 1. The lowest BCUT2D eigenvalue weighted by Gasteiger charge is -2.12. The van der Waals surface area contributed by atoms with E-state index in [-0.39, 0.29) is 6.04 Å². The third kappa shape index (κ3) is 3.56. The third-order valence-corrected chi connectivity index (χ3v) is 3.57. The number of anilines is 1. The normalized spacial score (nSPS) is 12.1. The smallest absolute Gasteiger partial charge is 0.217 e. The van der Waals surface area contributed by atoms with Gasteiger partial charge in [0.15, 0.2) is 5.76 Å². The monoisotopic (exact) mass is 308 g/mol. The summed E-state index contributed by atoms with van der Waals surface area (Å²) in [5.74, 6) is 2.96. The average Bonchev–Trinajstić information content (AvgIpc) is 3.05. The Kier molecular flexibility index (Phi) is 4.37. The average molecular weight is 308 g/mol. The molecule has 118 valence electrons. The predicted octanol–water partition coefficient (Wildman–Crippen LogP) is 4.18. The first kappa shape index (κ1) is 15.2. The fourth-order valence-corrected chi connectivity index (χ4v) is 2.39. The SMILES string of the molecule is CCc1cc(NC(C)c2ncc(-c3ccccc3)o2)nc(C)n1. The maximum Gasteiger partial charge on any atom is 0.217 e. The molecule has 0 saturated carbocycles. The Morgan fingerprint density at radius 3 is 2.70 bits per heavy atom. The van der Waals surface area contributed by atoms with Crippen molar-refractivity contribution in [3.05, 3.63) is 60.0 Å². The van der Waals surface area contributed by atoms with E-state index in [0.717, 1.165) is 35.1 Å². The van der Waals surface area contributed by atoms with Gasteiger partial charge in [0.2, 0.25) is 5.89 Å². The highest BCUT2D eigenvalue weighted by Gasteiger charge is 2.14. The van der Waals surface area contributed by atoms with Crippen LogP contribution in [0.5, 0.6) is 0 Å². The van der Waals surface area contributed by atoms with Crippen molar-refractivity contribution in [2.24, 2.45) is 0 Å². The highest BCUT2D eigenvalue weighted by molar-refractivity contribution is 5.55. The summed E-state index contributed by atoms with van der Waals surface area (Å²) in [6, 6.07) is 11.8. The summed E-state index contributed by atoms with van der Waals surface area (Å²) in [7, 11) is 0. The zero-order valence-corrected chi connectivity index (χ0v) is 13.6. The number of benzene rings is 1. The second-order valence-electron chi connectivity index (χ2n) is 5.44. The van der Waals surface area contributed by atoms with E-state index in [2.05, 4.69) is 27.2 Å². The van der Waals surface area contributed by atoms with Crippen LogP contribution in [0.4, 0.5) is 5.82 Å². The van der Waals surface area contributed by atoms with Crippen LogP contribution in [0.2, 0.25) is 0 Å². The molecule has 0 fully saturated rings. The molecule has 5 heteroatoms. The predicted molar refractivity (Wildman–Crippen MR) is 90.1 cm³/mol. The molecule has 0 aliphatic heterocycles. The number of nitrogens with zero attached hydrogens (tertiary/aromatic N) is 3. The molecule has 1 unspecified atom stereocenters. The molecule has 1 atom stereocenters. The van der Waals surface area contributed by atoms with Gasteiger partial charge in [0.1, 0.15) is 17.7 Å². The van der Waals surface area contributed by atoms with Crippen molar-refractivity contribution >= 4 is 5.82 Å². The summed E-state index contributed by atoms with van der Waals surface area (Å²) >= 11 is 0. The van der Waals surface area contributed by atoms with Crippen LogP contribution in [0.25, 0.3) is 11.3 Å². The number of nitrogens with one attached hydrogen (secondary N) is 1. The van der Waals surface area contributed by atoms with Crippen LogP contribution < -0.4 is 5.32 Å². The minimum absolute atomic E-state index is 0.0773. The number of oxazole rings is 1. The van der Waals surface area contributed by atoms with E-state index in [1.54, 1.807) is 6.20 Å². The van der Waals surface area contributed by atoms with E-state index in [1.807, 2.05) is 50.2 Å². The lowest BCUT2D eigenvalue weighted by molar-refractivity contribution is 0.485. The van der Waals surface area contributed by atoms with Crippen LogP contribution in [0, 0.1) is 6.92 Å². The zero-order chi connectivity index (χ0) is 16.2. The van der Waals surface area contributed by atoms with Crippen molar-refractivity contribution in [1.82, 2.24) is 15.0 Å². The Bertz CT molecular complexity index is 783. The van der Waals surface area contributed by atoms with Crippen molar-refractivity contribution in [3.8, 4) is 11.3 Å². The second-order valence-corrected chi connectivity index (χ2v) is 5.44. The summed E-state index contributed by atoms with van der Waals surface area (Å²) in [5, 5.41) is 3.33. The standard InChI is InChI=1S/C18H20N4O/c1-4-15-10-17(22-13(3)21-15)20-12(2)18-19-11-16(23-18)14-8-6-5-7-9-14/h5-12H,4H2,1-3H3,(H,20,21,22). The summed E-state index contributed by atoms with van der Waals surface area (Å²) in [6.07, 6.45) is 2.63. The molecule has 1 aromatic carbocycles. The molecule has 2 heterocycles. The van der Waals surface area contributed by atoms with Crippen molar-refractivity contribution in [3.63, 3.8) is 0 Å². The van der Waals surface area contributed by atoms with Crippen LogP contribution in [0.15, 0.2) is 47.0 Å². The highest BCUT2D eigenvalue weighted by Crippen LogP contribution is 2.24. The molecule has 2 aromatic heterocycles. The first-order valence-corrected chi connectivity index (χ1v) is 7.78. The molecular formula is C18H20N4O. The first-order chi connectivity index (χ1) is 11.2. The molecular weight excluding hydrogens is 288 g/mol. The number of aromatic nitrogens is 3. The van der Waals surface area contributed by atoms with E-state index in [4.69, 9.17) is 4.42 Å². The van der Waals surface area contributed by atoms with Crippen molar-refractivity contribution in [2.75, 3.05) is 5.32 Å². The first-order valence-electron chi connectivity index (χ1n) is 7.78. The fraction of sp³-hybridized carbons (Fsp3) is 0.278. The van der Waals surface area contributed by atoms with E-state index in [1.165, 1.54) is 0 Å². The van der Waals surface area contributed by atoms with Gasteiger partial charge in [-0.2, -0.15) is 0 Å². The Hall–Kier alpha value is -2.69. The van der Waals surface area contributed by atoms with Crippen LogP contribution in [-0.2, 0) is 6.42 Å². The molecule has 5 nitrogen and oxygen atoms in total. The van der Waals surface area contributed by atoms with Gasteiger partial charge in [-0.3, -0.25) is 0 Å². The second kappa shape index (κ2) is 6.60. The summed E-state index contributed by atoms with van der Waals surface area (Å²) in [5.41, 5.74) is 2.04. The Balaban J connectivity index is 1.78. The Morgan fingerprint density at radius 2 is 1.96 bits per heavy atom. The maximum atomic E-state index is 5.87. The Morgan fingerprint density at radius 1 is 1.17 bits per heavy atom. The van der Waals surface area contributed by atoms with Gasteiger partial charge in [-0.05, 0) is 20.3 Å². The van der Waals surface area contributed by atoms with Gasteiger partial charge >= 0.3 is 0 Å². The molecule has 0 aliphatic carbocycles. The van der Waals surface area contributed by atoms with E-state index < -0.39 is 0 Å². The van der Waals surface area contributed by atoms with Gasteiger partial charge in [-0.1, -0.05) is 37.3 Å². The largest absolute Gasteiger partial charge is 0.438 e. The molecule has 0 aliphatic rings. The highest BCUT2D eigenvalue weighted by atomic mass is 16.4. The third-order valence-electron chi connectivity index (χ3n) is 3.57. The van der Waals surface area contributed by atoms with Crippen LogP contribution in [-0.4, -0.2) is 15.0 Å². The quantitative estimate of drug-likeness (QED) is 0.766. The number of rotatable bonds is 5.